The summed E-state index contributed by atoms with van der Waals surface area (Å²) in [6.45, 7) is 26.7. The fourth-order valence-corrected chi connectivity index (χ4v) is 5.40. The molecule has 132 valence electrons. The maximum Gasteiger partial charge on any atom is 0.0159 e. The van der Waals surface area contributed by atoms with Crippen molar-refractivity contribution in [2.45, 2.75) is 94.5 Å². The third-order valence-corrected chi connectivity index (χ3v) is 7.99. The Bertz CT molecular complexity index is 315. The molecule has 1 nitrogen and oxygen atoms in total. The number of hydrogen-bond acceptors (Lipinski definition) is 1. The van der Waals surface area contributed by atoms with Crippen LogP contribution in [0.4, 0.5) is 0 Å². The normalized spacial score (nSPS) is 45.3. The fraction of sp³-hybridized carbons (Fsp3) is 1.00. The molecule has 1 heteroatoms. The summed E-state index contributed by atoms with van der Waals surface area (Å²) in [4.78, 5) is 0. The van der Waals surface area contributed by atoms with Crippen LogP contribution in [0.5, 0.6) is 0 Å². The van der Waals surface area contributed by atoms with Crippen LogP contribution in [0, 0.1) is 39.9 Å². The molecule has 0 aromatic heterocycles. The van der Waals surface area contributed by atoms with E-state index in [0.717, 1.165) is 6.42 Å². The van der Waals surface area contributed by atoms with Crippen molar-refractivity contribution in [3.63, 3.8) is 0 Å². The monoisotopic (exact) mass is 309 g/mol. The molecule has 5 unspecified atom stereocenters. The number of rotatable bonds is 0. The summed E-state index contributed by atoms with van der Waals surface area (Å²) in [7, 11) is 0. The smallest absolute Gasteiger partial charge is 0.0159 e. The summed E-state index contributed by atoms with van der Waals surface area (Å²) in [6.07, 6.45) is 2.37. The summed E-state index contributed by atoms with van der Waals surface area (Å²) in [5.41, 5.74) is 7.72. The van der Waals surface area contributed by atoms with Crippen LogP contribution < -0.4 is 5.73 Å². The quantitative estimate of drug-likeness (QED) is 0.573. The molecular weight excluding hydrogens is 266 g/mol. The van der Waals surface area contributed by atoms with E-state index < -0.39 is 0 Å². The van der Waals surface area contributed by atoms with Crippen molar-refractivity contribution < 1.29 is 0 Å². The fourth-order valence-electron chi connectivity index (χ4n) is 5.40. The van der Waals surface area contributed by atoms with Crippen molar-refractivity contribution in [3.8, 4) is 0 Å². The zero-order valence-corrected chi connectivity index (χ0v) is 17.3. The molecule has 0 bridgehead atoms. The van der Waals surface area contributed by atoms with E-state index in [2.05, 4.69) is 76.2 Å². The van der Waals surface area contributed by atoms with Gasteiger partial charge in [0.15, 0.2) is 0 Å². The summed E-state index contributed by atoms with van der Waals surface area (Å²) >= 11 is 0. The van der Waals surface area contributed by atoms with Crippen LogP contribution >= 0.6 is 0 Å². The van der Waals surface area contributed by atoms with Gasteiger partial charge in [0.1, 0.15) is 0 Å². The molecule has 0 saturated heterocycles. The Kier molecular flexibility index (Phi) is 5.27. The molecule has 1 fully saturated rings. The molecular formula is C21H43N. The minimum absolute atomic E-state index is 0.102. The lowest BCUT2D eigenvalue weighted by Gasteiger charge is -2.54. The van der Waals surface area contributed by atoms with Gasteiger partial charge in [0.2, 0.25) is 0 Å². The average molecular weight is 310 g/mol. The van der Waals surface area contributed by atoms with Crippen molar-refractivity contribution >= 4 is 0 Å². The molecule has 2 N–H and O–H groups in total. The molecule has 1 saturated carbocycles. The predicted molar refractivity (Wildman–Crippen MR) is 99.8 cm³/mol. The van der Waals surface area contributed by atoms with Gasteiger partial charge in [0.05, 0.1) is 0 Å². The SMILES string of the molecule is CC1C(C)C(C)(C)CC(C)(N)C(C)C(C)C(C)(C)CC1(C)C. The van der Waals surface area contributed by atoms with E-state index in [-0.39, 0.29) is 11.0 Å². The van der Waals surface area contributed by atoms with Crippen LogP contribution in [0.2, 0.25) is 0 Å². The predicted octanol–water partition coefficient (Wildman–Crippen LogP) is 6.12. The molecule has 0 aromatic rings. The average Bonchev–Trinajstić information content (AvgIpc) is 2.31. The molecule has 22 heavy (non-hydrogen) atoms. The highest BCUT2D eigenvalue weighted by molar-refractivity contribution is 5.01. The van der Waals surface area contributed by atoms with Crippen LogP contribution in [0.3, 0.4) is 0 Å². The maximum absolute atomic E-state index is 6.87. The maximum atomic E-state index is 6.87. The largest absolute Gasteiger partial charge is 0.325 e. The Morgan fingerprint density at radius 3 is 1.18 bits per heavy atom. The van der Waals surface area contributed by atoms with Gasteiger partial charge in [-0.05, 0) is 59.7 Å². The Labute approximate surface area is 140 Å². The van der Waals surface area contributed by atoms with Gasteiger partial charge in [-0.25, -0.2) is 0 Å². The van der Waals surface area contributed by atoms with Crippen molar-refractivity contribution in [3.05, 3.63) is 0 Å². The number of nitrogens with two attached hydrogens (primary N) is 1. The highest BCUT2D eigenvalue weighted by atomic mass is 14.8. The first-order chi connectivity index (χ1) is 9.54. The second kappa shape index (κ2) is 5.80. The van der Waals surface area contributed by atoms with Gasteiger partial charge in [-0.3, -0.25) is 0 Å². The van der Waals surface area contributed by atoms with Crippen LogP contribution in [-0.4, -0.2) is 5.54 Å². The third kappa shape index (κ3) is 3.71. The van der Waals surface area contributed by atoms with Crippen molar-refractivity contribution in [2.24, 2.45) is 45.7 Å². The molecule has 1 rings (SSSR count). The summed E-state index contributed by atoms with van der Waals surface area (Å²) in [6, 6.07) is 0. The lowest BCUT2D eigenvalue weighted by molar-refractivity contribution is -0.0289. The van der Waals surface area contributed by atoms with Crippen LogP contribution in [0.15, 0.2) is 0 Å². The molecule has 5 atom stereocenters. The second-order valence-electron chi connectivity index (χ2n) is 11.0. The highest BCUT2D eigenvalue weighted by Gasteiger charge is 2.48. The zero-order chi connectivity index (χ0) is 17.7. The van der Waals surface area contributed by atoms with Gasteiger partial charge >= 0.3 is 0 Å². The van der Waals surface area contributed by atoms with E-state index in [1.807, 2.05) is 0 Å². The molecule has 0 radical (unpaired) electrons. The van der Waals surface area contributed by atoms with E-state index in [1.54, 1.807) is 0 Å². The molecule has 0 heterocycles. The first kappa shape index (κ1) is 20.0. The van der Waals surface area contributed by atoms with Crippen molar-refractivity contribution in [1.29, 1.82) is 0 Å². The Balaban J connectivity index is 3.37. The van der Waals surface area contributed by atoms with Crippen LogP contribution in [0.1, 0.15) is 89.0 Å². The van der Waals surface area contributed by atoms with Gasteiger partial charge in [0.25, 0.3) is 0 Å². The van der Waals surface area contributed by atoms with Gasteiger partial charge in [-0.2, -0.15) is 0 Å². The van der Waals surface area contributed by atoms with Crippen LogP contribution in [0.25, 0.3) is 0 Å². The minimum atomic E-state index is -0.102. The Hall–Kier alpha value is -0.0400. The van der Waals surface area contributed by atoms with Crippen molar-refractivity contribution in [2.75, 3.05) is 0 Å². The van der Waals surface area contributed by atoms with Gasteiger partial charge in [-0.15, -0.1) is 0 Å². The van der Waals surface area contributed by atoms with E-state index >= 15 is 0 Å². The highest BCUT2D eigenvalue weighted by Crippen LogP contribution is 2.54. The molecule has 0 spiro atoms. The minimum Gasteiger partial charge on any atom is -0.325 e. The standard InChI is InChI=1S/C21H43N/c1-14-15(2)20(9,10)13-21(11,22)17(4)16(3)19(7,8)12-18(14,5)6/h14-17H,12-13,22H2,1-11H3. The van der Waals surface area contributed by atoms with Gasteiger partial charge in [0, 0.05) is 5.54 Å². The van der Waals surface area contributed by atoms with E-state index in [1.165, 1.54) is 6.42 Å². The van der Waals surface area contributed by atoms with Crippen molar-refractivity contribution in [1.82, 2.24) is 0 Å². The lowest BCUT2D eigenvalue weighted by atomic mass is 9.52. The Morgan fingerprint density at radius 2 is 0.818 bits per heavy atom. The zero-order valence-electron chi connectivity index (χ0n) is 17.3. The Morgan fingerprint density at radius 1 is 0.545 bits per heavy atom. The van der Waals surface area contributed by atoms with Gasteiger partial charge in [-0.1, -0.05) is 69.2 Å². The topological polar surface area (TPSA) is 26.0 Å². The molecule has 0 amide bonds. The van der Waals surface area contributed by atoms with E-state index in [0.29, 0.717) is 34.5 Å². The third-order valence-electron chi connectivity index (χ3n) is 7.99. The molecule has 1 aliphatic carbocycles. The van der Waals surface area contributed by atoms with E-state index in [9.17, 15) is 0 Å². The molecule has 0 aliphatic heterocycles. The summed E-state index contributed by atoms with van der Waals surface area (Å²) in [5, 5.41) is 0. The molecule has 1 aliphatic rings. The first-order valence-corrected chi connectivity index (χ1v) is 9.33. The summed E-state index contributed by atoms with van der Waals surface area (Å²) < 4.78 is 0. The number of hydrogen-bond donors (Lipinski definition) is 1. The van der Waals surface area contributed by atoms with Gasteiger partial charge < -0.3 is 5.73 Å². The lowest BCUT2D eigenvalue weighted by Crippen LogP contribution is -2.54. The summed E-state index contributed by atoms with van der Waals surface area (Å²) in [5.74, 6) is 2.51. The van der Waals surface area contributed by atoms with Crippen LogP contribution in [-0.2, 0) is 0 Å². The first-order valence-electron chi connectivity index (χ1n) is 9.33. The molecule has 0 aromatic carbocycles. The van der Waals surface area contributed by atoms with E-state index in [4.69, 9.17) is 5.73 Å². The second-order valence-corrected chi connectivity index (χ2v) is 11.0.